The number of rotatable bonds is 5. The van der Waals surface area contributed by atoms with Gasteiger partial charge in [-0.25, -0.2) is 9.67 Å². The predicted octanol–water partition coefficient (Wildman–Crippen LogP) is 3.13. The number of nitrogens with one attached hydrogen (secondary N) is 2. The molecule has 0 unspecified atom stereocenters. The molecule has 2 aromatic carbocycles. The maximum Gasteiger partial charge on any atom is 0.277 e. The average Bonchev–Trinajstić information content (AvgIpc) is 3.42. The predicted molar refractivity (Wildman–Crippen MR) is 105 cm³/mol. The lowest BCUT2D eigenvalue weighted by molar-refractivity contribution is -0.384. The Balaban J connectivity index is 1.57. The number of nitro groups is 1. The Bertz CT molecular complexity index is 1200. The van der Waals surface area contributed by atoms with Gasteiger partial charge in [0.15, 0.2) is 5.69 Å². The van der Waals surface area contributed by atoms with Crippen LogP contribution < -0.4 is 5.32 Å². The fourth-order valence-electron chi connectivity index (χ4n) is 2.76. The van der Waals surface area contributed by atoms with Gasteiger partial charge in [0.2, 0.25) is 0 Å². The van der Waals surface area contributed by atoms with E-state index in [9.17, 15) is 14.9 Å². The standard InChI is InChI=1S/C19H15N7O3/c1-12-5-6-13(18-20-7-8-21-18)9-16(12)22-19(27)17-11-25(24-23-17)14-3-2-4-15(10-14)26(28)29/h2-11H,1H3,(H,20,21)(H,22,27). The highest BCUT2D eigenvalue weighted by atomic mass is 16.6. The molecule has 1 amide bonds. The Kier molecular flexibility index (Phi) is 4.57. The van der Waals surface area contributed by atoms with E-state index in [0.29, 0.717) is 17.2 Å². The summed E-state index contributed by atoms with van der Waals surface area (Å²) in [6.45, 7) is 1.88. The third-order valence-corrected chi connectivity index (χ3v) is 4.29. The van der Waals surface area contributed by atoms with Gasteiger partial charge < -0.3 is 10.3 Å². The summed E-state index contributed by atoms with van der Waals surface area (Å²) in [5.41, 5.74) is 2.76. The minimum atomic E-state index is -0.497. The van der Waals surface area contributed by atoms with Crippen LogP contribution in [0.5, 0.6) is 0 Å². The van der Waals surface area contributed by atoms with Gasteiger partial charge in [0.05, 0.1) is 16.8 Å². The maximum absolute atomic E-state index is 12.6. The Morgan fingerprint density at radius 2 is 2.10 bits per heavy atom. The minimum Gasteiger partial charge on any atom is -0.345 e. The van der Waals surface area contributed by atoms with Crippen LogP contribution in [-0.4, -0.2) is 35.8 Å². The summed E-state index contributed by atoms with van der Waals surface area (Å²) in [4.78, 5) is 30.3. The summed E-state index contributed by atoms with van der Waals surface area (Å²) in [5, 5.41) is 21.5. The Hall–Kier alpha value is -4.34. The fraction of sp³-hybridized carbons (Fsp3) is 0.0526. The number of amides is 1. The smallest absolute Gasteiger partial charge is 0.277 e. The SMILES string of the molecule is Cc1ccc(-c2ncc[nH]2)cc1NC(=O)c1cn(-c2cccc([N+](=O)[O-])c2)nn1. The number of anilines is 1. The van der Waals surface area contributed by atoms with Crippen molar-refractivity contribution in [3.63, 3.8) is 0 Å². The van der Waals surface area contributed by atoms with Crippen molar-refractivity contribution < 1.29 is 9.72 Å². The summed E-state index contributed by atoms with van der Waals surface area (Å²) in [6.07, 6.45) is 4.79. The molecular formula is C19H15N7O3. The molecule has 0 aliphatic rings. The molecule has 144 valence electrons. The van der Waals surface area contributed by atoms with Crippen LogP contribution in [0, 0.1) is 17.0 Å². The molecule has 0 saturated carbocycles. The van der Waals surface area contributed by atoms with Crippen LogP contribution in [0.3, 0.4) is 0 Å². The highest BCUT2D eigenvalue weighted by Crippen LogP contribution is 2.23. The Morgan fingerprint density at radius 3 is 2.86 bits per heavy atom. The number of non-ortho nitro benzene ring substituents is 1. The van der Waals surface area contributed by atoms with Crippen molar-refractivity contribution in [3.05, 3.63) is 82.4 Å². The molecule has 2 heterocycles. The first kappa shape index (κ1) is 18.0. The monoisotopic (exact) mass is 389 g/mol. The van der Waals surface area contributed by atoms with E-state index in [2.05, 4.69) is 25.6 Å². The summed E-state index contributed by atoms with van der Waals surface area (Å²) in [5.74, 6) is 0.249. The van der Waals surface area contributed by atoms with Gasteiger partial charge in [0.25, 0.3) is 11.6 Å². The van der Waals surface area contributed by atoms with Crippen LogP contribution in [-0.2, 0) is 0 Å². The minimum absolute atomic E-state index is 0.0747. The van der Waals surface area contributed by atoms with Crippen molar-refractivity contribution in [1.82, 2.24) is 25.0 Å². The van der Waals surface area contributed by atoms with Gasteiger partial charge >= 0.3 is 0 Å². The molecule has 29 heavy (non-hydrogen) atoms. The molecule has 2 N–H and O–H groups in total. The molecule has 0 spiro atoms. The average molecular weight is 389 g/mol. The molecule has 10 nitrogen and oxygen atoms in total. The van der Waals surface area contributed by atoms with Gasteiger partial charge in [0.1, 0.15) is 5.82 Å². The van der Waals surface area contributed by atoms with Crippen LogP contribution in [0.4, 0.5) is 11.4 Å². The first-order chi connectivity index (χ1) is 14.0. The van der Waals surface area contributed by atoms with E-state index in [4.69, 9.17) is 0 Å². The number of imidazole rings is 1. The van der Waals surface area contributed by atoms with E-state index < -0.39 is 10.8 Å². The zero-order valence-corrected chi connectivity index (χ0v) is 15.2. The number of hydrogen-bond acceptors (Lipinski definition) is 6. The van der Waals surface area contributed by atoms with Gasteiger partial charge in [0, 0.05) is 35.8 Å². The van der Waals surface area contributed by atoms with Crippen LogP contribution in [0.1, 0.15) is 16.1 Å². The highest BCUT2D eigenvalue weighted by molar-refractivity contribution is 6.03. The lowest BCUT2D eigenvalue weighted by atomic mass is 10.1. The van der Waals surface area contributed by atoms with Crippen LogP contribution in [0.2, 0.25) is 0 Å². The number of hydrogen-bond donors (Lipinski definition) is 2. The number of carbonyl (C=O) groups excluding carboxylic acids is 1. The van der Waals surface area contributed by atoms with Crippen molar-refractivity contribution >= 4 is 17.3 Å². The molecule has 0 fully saturated rings. The van der Waals surface area contributed by atoms with Crippen molar-refractivity contribution in [2.45, 2.75) is 6.92 Å². The molecule has 0 saturated heterocycles. The molecule has 0 aliphatic carbocycles. The van der Waals surface area contributed by atoms with E-state index >= 15 is 0 Å². The lowest BCUT2D eigenvalue weighted by Crippen LogP contribution is -2.13. The Morgan fingerprint density at radius 1 is 1.24 bits per heavy atom. The normalized spacial score (nSPS) is 10.7. The van der Waals surface area contributed by atoms with E-state index in [-0.39, 0.29) is 11.4 Å². The number of aromatic amines is 1. The van der Waals surface area contributed by atoms with Gasteiger partial charge in [-0.15, -0.1) is 5.10 Å². The van der Waals surface area contributed by atoms with E-state index in [1.807, 2.05) is 25.1 Å². The van der Waals surface area contributed by atoms with E-state index in [1.54, 1.807) is 24.5 Å². The molecule has 10 heteroatoms. The summed E-state index contributed by atoms with van der Waals surface area (Å²) < 4.78 is 1.31. The number of aromatic nitrogens is 5. The van der Waals surface area contributed by atoms with Crippen LogP contribution >= 0.6 is 0 Å². The maximum atomic E-state index is 12.6. The van der Waals surface area contributed by atoms with E-state index in [0.717, 1.165) is 11.1 Å². The van der Waals surface area contributed by atoms with Crippen molar-refractivity contribution in [1.29, 1.82) is 0 Å². The third kappa shape index (κ3) is 3.72. The highest BCUT2D eigenvalue weighted by Gasteiger charge is 2.15. The third-order valence-electron chi connectivity index (χ3n) is 4.29. The second-order valence-corrected chi connectivity index (χ2v) is 6.25. The molecule has 0 radical (unpaired) electrons. The molecule has 4 aromatic rings. The first-order valence-corrected chi connectivity index (χ1v) is 8.60. The number of H-pyrrole nitrogens is 1. The quantitative estimate of drug-likeness (QED) is 0.398. The zero-order chi connectivity index (χ0) is 20.4. The fourth-order valence-corrected chi connectivity index (χ4v) is 2.76. The molecular weight excluding hydrogens is 374 g/mol. The number of nitrogens with zero attached hydrogens (tertiary/aromatic N) is 5. The van der Waals surface area contributed by atoms with Gasteiger partial charge in [-0.1, -0.05) is 23.4 Å². The molecule has 2 aromatic heterocycles. The number of nitro benzene ring substituents is 1. The van der Waals surface area contributed by atoms with Crippen molar-refractivity contribution in [2.24, 2.45) is 0 Å². The topological polar surface area (TPSA) is 132 Å². The second kappa shape index (κ2) is 7.35. The largest absolute Gasteiger partial charge is 0.345 e. The van der Waals surface area contributed by atoms with Gasteiger partial charge in [-0.3, -0.25) is 14.9 Å². The molecule has 4 rings (SSSR count). The van der Waals surface area contributed by atoms with E-state index in [1.165, 1.54) is 23.0 Å². The second-order valence-electron chi connectivity index (χ2n) is 6.25. The number of benzene rings is 2. The lowest BCUT2D eigenvalue weighted by Gasteiger charge is -2.08. The molecule has 0 aliphatic heterocycles. The van der Waals surface area contributed by atoms with Crippen LogP contribution in [0.15, 0.2) is 61.1 Å². The summed E-state index contributed by atoms with van der Waals surface area (Å²) in [6, 6.07) is 11.5. The van der Waals surface area contributed by atoms with Gasteiger partial charge in [-0.2, -0.15) is 0 Å². The summed E-state index contributed by atoms with van der Waals surface area (Å²) in [7, 11) is 0. The van der Waals surface area contributed by atoms with Gasteiger partial charge in [-0.05, 0) is 24.6 Å². The van der Waals surface area contributed by atoms with Crippen molar-refractivity contribution in [2.75, 3.05) is 5.32 Å². The van der Waals surface area contributed by atoms with Crippen molar-refractivity contribution in [3.8, 4) is 17.1 Å². The zero-order valence-electron chi connectivity index (χ0n) is 15.2. The summed E-state index contributed by atoms with van der Waals surface area (Å²) >= 11 is 0. The number of aryl methyl sites for hydroxylation is 1. The number of carbonyl (C=O) groups is 1. The molecule has 0 bridgehead atoms. The molecule has 0 atom stereocenters. The van der Waals surface area contributed by atoms with Crippen LogP contribution in [0.25, 0.3) is 17.1 Å². The Labute approximate surface area is 164 Å². The first-order valence-electron chi connectivity index (χ1n) is 8.60.